The Balaban J connectivity index is 2.07. The molecular formula is C16H25NS2. The van der Waals surface area contributed by atoms with E-state index < -0.39 is 0 Å². The van der Waals surface area contributed by atoms with Gasteiger partial charge in [-0.25, -0.2) is 0 Å². The average Bonchev–Trinajstić information content (AvgIpc) is 2.86. The second kappa shape index (κ2) is 8.23. The van der Waals surface area contributed by atoms with Crippen molar-refractivity contribution in [1.82, 2.24) is 4.13 Å². The fraction of sp³-hybridized carbons (Fsp3) is 0.625. The number of hydrogen-bond acceptors (Lipinski definition) is 3. The summed E-state index contributed by atoms with van der Waals surface area (Å²) in [6, 6.07) is 4.87. The zero-order chi connectivity index (χ0) is 13.5. The van der Waals surface area contributed by atoms with Crippen molar-refractivity contribution in [2.75, 3.05) is 0 Å². The minimum atomic E-state index is 1.26. The van der Waals surface area contributed by atoms with Gasteiger partial charge in [0.2, 0.25) is 0 Å². The van der Waals surface area contributed by atoms with Crippen molar-refractivity contribution in [3.8, 4) is 0 Å². The van der Waals surface area contributed by atoms with Gasteiger partial charge in [0.1, 0.15) is 0 Å². The molecule has 1 aromatic carbocycles. The number of nitrogens with one attached hydrogen (secondary N) is 1. The van der Waals surface area contributed by atoms with E-state index in [2.05, 4.69) is 30.1 Å². The summed E-state index contributed by atoms with van der Waals surface area (Å²) in [7, 11) is 0. The second-order valence-electron chi connectivity index (χ2n) is 5.27. The highest BCUT2D eigenvalue weighted by Crippen LogP contribution is 2.39. The molecule has 0 amide bonds. The van der Waals surface area contributed by atoms with Gasteiger partial charge in [0.15, 0.2) is 0 Å². The van der Waals surface area contributed by atoms with Crippen molar-refractivity contribution in [2.45, 2.75) is 75.0 Å². The van der Waals surface area contributed by atoms with Gasteiger partial charge in [0, 0.05) is 9.79 Å². The Morgan fingerprint density at radius 3 is 1.68 bits per heavy atom. The van der Waals surface area contributed by atoms with Crippen molar-refractivity contribution in [1.29, 1.82) is 0 Å². The van der Waals surface area contributed by atoms with Crippen LogP contribution in [-0.2, 0) is 12.8 Å². The summed E-state index contributed by atoms with van der Waals surface area (Å²) in [4.78, 5) is 2.85. The summed E-state index contributed by atoms with van der Waals surface area (Å²) < 4.78 is 3.31. The number of fused-ring (bicyclic) bond motifs is 1. The lowest BCUT2D eigenvalue weighted by Gasteiger charge is -2.11. The maximum absolute atomic E-state index is 3.31. The first-order valence-electron chi connectivity index (χ1n) is 7.59. The monoisotopic (exact) mass is 295 g/mol. The van der Waals surface area contributed by atoms with Crippen molar-refractivity contribution >= 4 is 23.9 Å². The molecule has 0 radical (unpaired) electrons. The van der Waals surface area contributed by atoms with Gasteiger partial charge in [0.05, 0.1) is 0 Å². The maximum atomic E-state index is 3.31. The molecule has 0 aromatic heterocycles. The van der Waals surface area contributed by atoms with E-state index in [1.807, 2.05) is 0 Å². The molecule has 0 unspecified atom stereocenters. The first-order chi connectivity index (χ1) is 9.35. The van der Waals surface area contributed by atoms with Crippen molar-refractivity contribution in [2.24, 2.45) is 0 Å². The third kappa shape index (κ3) is 4.44. The molecule has 1 aromatic rings. The number of rotatable bonds is 8. The van der Waals surface area contributed by atoms with E-state index in [4.69, 9.17) is 0 Å². The number of benzene rings is 1. The molecule has 1 heterocycles. The van der Waals surface area contributed by atoms with Gasteiger partial charge in [-0.2, -0.15) is 4.13 Å². The SMILES string of the molecule is CCCCCc1cc2c(cc1CCCCC)SNS2. The zero-order valence-corrected chi connectivity index (χ0v) is 13.8. The smallest absolute Gasteiger partial charge is 0.0388 e. The topological polar surface area (TPSA) is 12.0 Å². The Morgan fingerprint density at radius 1 is 0.789 bits per heavy atom. The first kappa shape index (κ1) is 15.3. The Hall–Kier alpha value is -0.120. The van der Waals surface area contributed by atoms with Gasteiger partial charge in [0.25, 0.3) is 0 Å². The van der Waals surface area contributed by atoms with E-state index in [1.54, 1.807) is 35.0 Å². The lowest BCUT2D eigenvalue weighted by Crippen LogP contribution is -1.96. The standard InChI is InChI=1S/C16H25NS2/c1-3-5-7-9-13-11-15-16(19-17-18-15)12-14(13)10-8-6-4-2/h11-12,17H,3-10H2,1-2H3. The minimum absolute atomic E-state index is 1.26. The normalized spacial score (nSPS) is 13.8. The fourth-order valence-electron chi connectivity index (χ4n) is 2.51. The van der Waals surface area contributed by atoms with Crippen LogP contribution in [0.5, 0.6) is 0 Å². The van der Waals surface area contributed by atoms with E-state index in [0.29, 0.717) is 0 Å². The molecule has 0 atom stereocenters. The van der Waals surface area contributed by atoms with Crippen LogP contribution in [0.1, 0.15) is 63.5 Å². The van der Waals surface area contributed by atoms with Crippen LogP contribution < -0.4 is 4.13 Å². The molecule has 0 spiro atoms. The summed E-state index contributed by atoms with van der Waals surface area (Å²) >= 11 is 3.54. The van der Waals surface area contributed by atoms with E-state index in [1.165, 1.54) is 61.2 Å². The zero-order valence-electron chi connectivity index (χ0n) is 12.1. The highest BCUT2D eigenvalue weighted by Gasteiger charge is 2.15. The van der Waals surface area contributed by atoms with Gasteiger partial charge in [-0.05, 0) is 72.8 Å². The van der Waals surface area contributed by atoms with Crippen molar-refractivity contribution in [3.05, 3.63) is 23.3 Å². The summed E-state index contributed by atoms with van der Waals surface area (Å²) in [5.41, 5.74) is 3.19. The second-order valence-corrected chi connectivity index (χ2v) is 7.22. The molecule has 3 heteroatoms. The van der Waals surface area contributed by atoms with Crippen molar-refractivity contribution in [3.63, 3.8) is 0 Å². The van der Waals surface area contributed by atoms with E-state index in [0.717, 1.165) is 0 Å². The van der Waals surface area contributed by atoms with Crippen LogP contribution in [-0.4, -0.2) is 0 Å². The molecule has 1 N–H and O–H groups in total. The van der Waals surface area contributed by atoms with Gasteiger partial charge in [-0.3, -0.25) is 0 Å². The van der Waals surface area contributed by atoms with Crippen LogP contribution in [0.3, 0.4) is 0 Å². The molecule has 1 aliphatic heterocycles. The largest absolute Gasteiger partial charge is 0.199 e. The number of hydrogen-bond donors (Lipinski definition) is 1. The Morgan fingerprint density at radius 2 is 1.26 bits per heavy atom. The molecule has 0 aliphatic carbocycles. The molecule has 2 rings (SSSR count). The van der Waals surface area contributed by atoms with Crippen LogP contribution in [0.2, 0.25) is 0 Å². The van der Waals surface area contributed by atoms with Crippen LogP contribution in [0.25, 0.3) is 0 Å². The summed E-state index contributed by atoms with van der Waals surface area (Å²) in [5, 5.41) is 0. The Labute approximate surface area is 126 Å². The third-order valence-electron chi connectivity index (χ3n) is 3.67. The van der Waals surface area contributed by atoms with E-state index >= 15 is 0 Å². The molecule has 19 heavy (non-hydrogen) atoms. The molecule has 106 valence electrons. The van der Waals surface area contributed by atoms with Gasteiger partial charge < -0.3 is 0 Å². The maximum Gasteiger partial charge on any atom is 0.0388 e. The minimum Gasteiger partial charge on any atom is -0.199 e. The third-order valence-corrected chi connectivity index (χ3v) is 5.58. The molecule has 0 saturated heterocycles. The van der Waals surface area contributed by atoms with Gasteiger partial charge in [-0.15, -0.1) is 0 Å². The highest BCUT2D eigenvalue weighted by molar-refractivity contribution is 8.15. The van der Waals surface area contributed by atoms with Gasteiger partial charge >= 0.3 is 0 Å². The Kier molecular flexibility index (Phi) is 6.62. The molecule has 0 fully saturated rings. The van der Waals surface area contributed by atoms with E-state index in [9.17, 15) is 0 Å². The average molecular weight is 296 g/mol. The van der Waals surface area contributed by atoms with Crippen LogP contribution in [0.15, 0.2) is 21.9 Å². The lowest BCUT2D eigenvalue weighted by molar-refractivity contribution is 0.691. The quantitative estimate of drug-likeness (QED) is 0.483. The molecule has 0 saturated carbocycles. The molecule has 1 nitrogen and oxygen atoms in total. The Bertz CT molecular complexity index is 367. The van der Waals surface area contributed by atoms with E-state index in [-0.39, 0.29) is 0 Å². The summed E-state index contributed by atoms with van der Waals surface area (Å²) in [5.74, 6) is 0. The first-order valence-corrected chi connectivity index (χ1v) is 9.23. The fourth-order valence-corrected chi connectivity index (χ4v) is 4.37. The summed E-state index contributed by atoms with van der Waals surface area (Å²) in [6.07, 6.45) is 10.5. The van der Waals surface area contributed by atoms with Gasteiger partial charge in [-0.1, -0.05) is 39.5 Å². The predicted octanol–water partition coefficient (Wildman–Crippen LogP) is 5.77. The summed E-state index contributed by atoms with van der Waals surface area (Å²) in [6.45, 7) is 4.56. The van der Waals surface area contributed by atoms with Crippen LogP contribution in [0, 0.1) is 0 Å². The van der Waals surface area contributed by atoms with Crippen molar-refractivity contribution < 1.29 is 0 Å². The lowest BCUT2D eigenvalue weighted by atomic mass is 9.97. The molecule has 0 bridgehead atoms. The molecule has 1 aliphatic rings. The predicted molar refractivity (Wildman–Crippen MR) is 87.7 cm³/mol. The van der Waals surface area contributed by atoms with Crippen LogP contribution in [0.4, 0.5) is 0 Å². The number of aryl methyl sites for hydroxylation is 2. The number of unbranched alkanes of at least 4 members (excludes halogenated alkanes) is 4. The highest BCUT2D eigenvalue weighted by atomic mass is 32.2. The molecular weight excluding hydrogens is 270 g/mol. The van der Waals surface area contributed by atoms with Crippen LogP contribution >= 0.6 is 23.9 Å².